The van der Waals surface area contributed by atoms with Crippen LogP contribution in [-0.2, 0) is 6.54 Å². The molecule has 1 fully saturated rings. The van der Waals surface area contributed by atoms with Gasteiger partial charge in [0.2, 0.25) is 5.89 Å². The molecule has 0 unspecified atom stereocenters. The highest BCUT2D eigenvalue weighted by molar-refractivity contribution is 5.58. The summed E-state index contributed by atoms with van der Waals surface area (Å²) < 4.78 is 34.6. The zero-order valence-corrected chi connectivity index (χ0v) is 17.9. The van der Waals surface area contributed by atoms with Gasteiger partial charge < -0.3 is 9.73 Å². The number of aromatic nitrogens is 3. The molecule has 0 atom stereocenters. The van der Waals surface area contributed by atoms with Crippen molar-refractivity contribution in [2.24, 2.45) is 0 Å². The van der Waals surface area contributed by atoms with Gasteiger partial charge in [-0.2, -0.15) is 5.10 Å². The number of oxazole rings is 1. The van der Waals surface area contributed by atoms with Crippen LogP contribution in [0.25, 0.3) is 22.7 Å². The second-order valence-corrected chi connectivity index (χ2v) is 8.28. The number of halogens is 2. The van der Waals surface area contributed by atoms with Crippen molar-refractivity contribution in [3.05, 3.63) is 94.1 Å². The molecule has 6 nitrogen and oxygen atoms in total. The highest BCUT2D eigenvalue weighted by atomic mass is 19.1. The van der Waals surface area contributed by atoms with Crippen LogP contribution in [0.15, 0.2) is 70.0 Å². The summed E-state index contributed by atoms with van der Waals surface area (Å²) in [7, 11) is 0. The van der Waals surface area contributed by atoms with Crippen LogP contribution in [-0.4, -0.2) is 27.9 Å². The minimum absolute atomic E-state index is 0.199. The Hall–Kier alpha value is -3.65. The van der Waals surface area contributed by atoms with E-state index in [-0.39, 0.29) is 17.7 Å². The molecule has 5 rings (SSSR count). The zero-order valence-electron chi connectivity index (χ0n) is 17.9. The Morgan fingerprint density at radius 2 is 1.79 bits per heavy atom. The minimum Gasteiger partial charge on any atom is -0.441 e. The third-order valence-electron chi connectivity index (χ3n) is 5.90. The quantitative estimate of drug-likeness (QED) is 0.507. The van der Waals surface area contributed by atoms with Crippen molar-refractivity contribution in [2.45, 2.75) is 25.3 Å². The predicted molar refractivity (Wildman–Crippen MR) is 119 cm³/mol. The van der Waals surface area contributed by atoms with Crippen LogP contribution in [0.1, 0.15) is 30.1 Å². The Morgan fingerprint density at radius 1 is 1.00 bits per heavy atom. The molecule has 33 heavy (non-hydrogen) atoms. The molecule has 2 aromatic heterocycles. The van der Waals surface area contributed by atoms with Gasteiger partial charge in [-0.05, 0) is 35.9 Å². The van der Waals surface area contributed by atoms with Crippen LogP contribution in [0.5, 0.6) is 0 Å². The third kappa shape index (κ3) is 4.75. The van der Waals surface area contributed by atoms with Gasteiger partial charge in [-0.15, -0.1) is 0 Å². The minimum atomic E-state index is -0.700. The van der Waals surface area contributed by atoms with E-state index in [1.165, 1.54) is 28.9 Å². The molecule has 1 aliphatic heterocycles. The molecule has 0 radical (unpaired) electrons. The molecule has 3 heterocycles. The number of hydrogen-bond acceptors (Lipinski definition) is 4. The van der Waals surface area contributed by atoms with E-state index in [0.717, 1.165) is 48.9 Å². The monoisotopic (exact) mass is 449 g/mol. The van der Waals surface area contributed by atoms with Crippen molar-refractivity contribution in [1.82, 2.24) is 14.8 Å². The van der Waals surface area contributed by atoms with Crippen LogP contribution >= 0.6 is 0 Å². The Bertz CT molecular complexity index is 1320. The Balaban J connectivity index is 1.40. The van der Waals surface area contributed by atoms with E-state index in [9.17, 15) is 13.6 Å². The molecule has 2 aromatic carbocycles. The van der Waals surface area contributed by atoms with Crippen molar-refractivity contribution in [3.8, 4) is 22.7 Å². The van der Waals surface area contributed by atoms with Gasteiger partial charge in [0.15, 0.2) is 0 Å². The fourth-order valence-electron chi connectivity index (χ4n) is 4.21. The fraction of sp³-hybridized carbons (Fsp3) is 0.240. The van der Waals surface area contributed by atoms with E-state index in [4.69, 9.17) is 4.42 Å². The number of benzene rings is 2. The van der Waals surface area contributed by atoms with E-state index < -0.39 is 11.6 Å². The first kappa shape index (κ1) is 21.2. The lowest BCUT2D eigenvalue weighted by Gasteiger charge is -2.17. The summed E-state index contributed by atoms with van der Waals surface area (Å²) in [6.07, 6.45) is 3.97. The van der Waals surface area contributed by atoms with Crippen molar-refractivity contribution >= 4 is 0 Å². The number of quaternary nitrogens is 1. The smallest absolute Gasteiger partial charge is 0.267 e. The van der Waals surface area contributed by atoms with E-state index in [1.807, 2.05) is 30.5 Å². The number of hydrogen-bond donors (Lipinski definition) is 1. The standard InChI is InChI=1S/C25H22F2N4O2/c26-20-11-19(12-21(27)13-20)22-4-5-24(32)31(30-22)15-16-2-1-3-18(10-16)25-29-14-23(33-25)17-6-8-28-9-7-17/h1-5,10-14,17,28H,6-9,15H2/p+1. The van der Waals surface area contributed by atoms with Crippen molar-refractivity contribution in [1.29, 1.82) is 0 Å². The molecule has 2 N–H and O–H groups in total. The van der Waals surface area contributed by atoms with Gasteiger partial charge in [-0.1, -0.05) is 12.1 Å². The Labute approximate surface area is 188 Å². The molecule has 1 saturated heterocycles. The fourth-order valence-corrected chi connectivity index (χ4v) is 4.21. The Morgan fingerprint density at radius 3 is 2.58 bits per heavy atom. The summed E-state index contributed by atoms with van der Waals surface area (Å²) >= 11 is 0. The van der Waals surface area contributed by atoms with Gasteiger partial charge in [-0.25, -0.2) is 18.4 Å². The first-order valence-electron chi connectivity index (χ1n) is 11.0. The second-order valence-electron chi connectivity index (χ2n) is 8.28. The largest absolute Gasteiger partial charge is 0.441 e. The molecule has 0 amide bonds. The lowest BCUT2D eigenvalue weighted by atomic mass is 9.96. The van der Waals surface area contributed by atoms with Crippen LogP contribution in [0.3, 0.4) is 0 Å². The average Bonchev–Trinajstić information content (AvgIpc) is 3.31. The maximum Gasteiger partial charge on any atom is 0.267 e. The average molecular weight is 449 g/mol. The molecule has 0 bridgehead atoms. The number of nitrogens with two attached hydrogens (primary N) is 1. The topological polar surface area (TPSA) is 77.5 Å². The summed E-state index contributed by atoms with van der Waals surface area (Å²) in [5, 5.41) is 6.63. The van der Waals surface area contributed by atoms with E-state index in [0.29, 0.717) is 17.5 Å². The summed E-state index contributed by atoms with van der Waals surface area (Å²) in [5.41, 5.74) is 1.91. The van der Waals surface area contributed by atoms with E-state index >= 15 is 0 Å². The van der Waals surface area contributed by atoms with Crippen molar-refractivity contribution in [2.75, 3.05) is 13.1 Å². The van der Waals surface area contributed by atoms with E-state index in [1.54, 1.807) is 0 Å². The lowest BCUT2D eigenvalue weighted by molar-refractivity contribution is -0.663. The molecule has 4 aromatic rings. The summed E-state index contributed by atoms with van der Waals surface area (Å²) in [4.78, 5) is 16.9. The molecule has 0 spiro atoms. The van der Waals surface area contributed by atoms with Crippen LogP contribution in [0.2, 0.25) is 0 Å². The first-order valence-corrected chi connectivity index (χ1v) is 11.0. The van der Waals surface area contributed by atoms with Crippen molar-refractivity contribution in [3.63, 3.8) is 0 Å². The zero-order chi connectivity index (χ0) is 22.8. The van der Waals surface area contributed by atoms with Crippen LogP contribution < -0.4 is 10.9 Å². The summed E-state index contributed by atoms with van der Waals surface area (Å²) in [6.45, 7) is 2.39. The lowest BCUT2D eigenvalue weighted by Crippen LogP contribution is -2.86. The van der Waals surface area contributed by atoms with Gasteiger partial charge in [0.1, 0.15) is 17.4 Å². The molecule has 0 aliphatic carbocycles. The normalized spacial score (nSPS) is 14.5. The number of rotatable bonds is 5. The van der Waals surface area contributed by atoms with Gasteiger partial charge in [0.05, 0.1) is 31.5 Å². The van der Waals surface area contributed by atoms with E-state index in [2.05, 4.69) is 15.4 Å². The molecular weight excluding hydrogens is 426 g/mol. The summed E-state index contributed by atoms with van der Waals surface area (Å²) in [6, 6.07) is 13.6. The molecule has 1 aliphatic rings. The SMILES string of the molecule is O=c1ccc(-c2cc(F)cc(F)c2)nn1Cc1cccc(-c2ncc(C3CC[NH2+]CC3)o2)c1. The number of nitrogens with zero attached hydrogens (tertiary/aromatic N) is 3. The van der Waals surface area contributed by atoms with Crippen LogP contribution in [0, 0.1) is 11.6 Å². The third-order valence-corrected chi connectivity index (χ3v) is 5.90. The van der Waals surface area contributed by atoms with Crippen molar-refractivity contribution < 1.29 is 18.5 Å². The second kappa shape index (κ2) is 9.07. The molecule has 0 saturated carbocycles. The first-order chi connectivity index (χ1) is 16.0. The van der Waals surface area contributed by atoms with Crippen LogP contribution in [0.4, 0.5) is 8.78 Å². The van der Waals surface area contributed by atoms with Gasteiger partial charge in [0, 0.05) is 42.0 Å². The summed E-state index contributed by atoms with van der Waals surface area (Å²) in [5.74, 6) is 0.461. The predicted octanol–water partition coefficient (Wildman–Crippen LogP) is 3.33. The molecular formula is C25H23F2N4O2+. The van der Waals surface area contributed by atoms with Gasteiger partial charge in [-0.3, -0.25) is 4.79 Å². The molecule has 168 valence electrons. The highest BCUT2D eigenvalue weighted by Gasteiger charge is 2.21. The number of piperidine rings is 1. The Kier molecular flexibility index (Phi) is 5.83. The van der Waals surface area contributed by atoms with Gasteiger partial charge >= 0.3 is 0 Å². The maximum absolute atomic E-state index is 13.6. The maximum atomic E-state index is 13.6. The molecule has 8 heteroatoms. The van der Waals surface area contributed by atoms with Gasteiger partial charge in [0.25, 0.3) is 5.56 Å². The highest BCUT2D eigenvalue weighted by Crippen LogP contribution is 2.28.